The van der Waals surface area contributed by atoms with E-state index >= 15 is 0 Å². The van der Waals surface area contributed by atoms with Crippen LogP contribution in [0, 0.1) is 0 Å². The molecular weight excluding hydrogens is 278 g/mol. The van der Waals surface area contributed by atoms with Crippen molar-refractivity contribution in [1.82, 2.24) is 4.90 Å². The van der Waals surface area contributed by atoms with Crippen molar-refractivity contribution in [2.75, 3.05) is 37.6 Å². The lowest BCUT2D eigenvalue weighted by atomic mass is 10.2. The summed E-state index contributed by atoms with van der Waals surface area (Å²) in [6.07, 6.45) is 1.92. The molecule has 0 aromatic heterocycles. The predicted octanol–water partition coefficient (Wildman–Crippen LogP) is 2.53. The number of benzene rings is 1. The van der Waals surface area contributed by atoms with Crippen LogP contribution >= 0.6 is 23.8 Å². The van der Waals surface area contributed by atoms with Gasteiger partial charge in [0.25, 0.3) is 0 Å². The number of nitrogens with two attached hydrogens (primary N) is 1. The van der Waals surface area contributed by atoms with E-state index in [-0.39, 0.29) is 0 Å². The molecule has 3 nitrogen and oxygen atoms in total. The molecule has 0 aliphatic carbocycles. The first-order valence-corrected chi connectivity index (χ1v) is 7.45. The third kappa shape index (κ3) is 4.64. The van der Waals surface area contributed by atoms with Crippen LogP contribution in [-0.4, -0.2) is 42.6 Å². The quantitative estimate of drug-likeness (QED) is 0.847. The summed E-state index contributed by atoms with van der Waals surface area (Å²) >= 11 is 10.8. The second kappa shape index (κ2) is 7.08. The van der Waals surface area contributed by atoms with Crippen LogP contribution < -0.4 is 10.6 Å². The van der Waals surface area contributed by atoms with Crippen LogP contribution in [0.2, 0.25) is 5.02 Å². The Balaban J connectivity index is 1.76. The summed E-state index contributed by atoms with van der Waals surface area (Å²) < 4.78 is 0. The van der Waals surface area contributed by atoms with E-state index in [9.17, 15) is 0 Å². The zero-order valence-corrected chi connectivity index (χ0v) is 12.6. The lowest BCUT2D eigenvalue weighted by Crippen LogP contribution is -2.46. The van der Waals surface area contributed by atoms with Crippen LogP contribution in [0.4, 0.5) is 5.69 Å². The third-order valence-corrected chi connectivity index (χ3v) is 3.92. The maximum absolute atomic E-state index is 5.91. The minimum absolute atomic E-state index is 0.625. The highest BCUT2D eigenvalue weighted by molar-refractivity contribution is 7.80. The fourth-order valence-corrected chi connectivity index (χ4v) is 2.63. The number of hydrogen-bond acceptors (Lipinski definition) is 3. The molecule has 1 saturated heterocycles. The number of thiocarbonyl (C=S) groups is 1. The Bertz CT molecular complexity index is 413. The number of piperazine rings is 1. The van der Waals surface area contributed by atoms with Crippen LogP contribution in [-0.2, 0) is 0 Å². The third-order valence-electron chi connectivity index (χ3n) is 3.46. The molecule has 0 bridgehead atoms. The van der Waals surface area contributed by atoms with Gasteiger partial charge in [0.15, 0.2) is 0 Å². The maximum atomic E-state index is 5.91. The van der Waals surface area contributed by atoms with Gasteiger partial charge in [-0.1, -0.05) is 23.8 Å². The highest BCUT2D eigenvalue weighted by Gasteiger charge is 2.16. The van der Waals surface area contributed by atoms with Gasteiger partial charge in [0.2, 0.25) is 0 Å². The lowest BCUT2D eigenvalue weighted by Gasteiger charge is -2.36. The van der Waals surface area contributed by atoms with Crippen LogP contribution in [0.1, 0.15) is 12.8 Å². The molecule has 1 aromatic rings. The van der Waals surface area contributed by atoms with E-state index in [4.69, 9.17) is 29.6 Å². The molecule has 1 aliphatic rings. The molecule has 1 fully saturated rings. The molecule has 1 aliphatic heterocycles. The fourth-order valence-electron chi connectivity index (χ4n) is 2.36. The summed E-state index contributed by atoms with van der Waals surface area (Å²) in [5.74, 6) is 0. The van der Waals surface area contributed by atoms with Crippen molar-refractivity contribution in [2.45, 2.75) is 12.8 Å². The van der Waals surface area contributed by atoms with Crippen molar-refractivity contribution in [2.24, 2.45) is 5.73 Å². The largest absolute Gasteiger partial charge is 0.393 e. The molecule has 0 spiro atoms. The molecule has 0 amide bonds. The van der Waals surface area contributed by atoms with E-state index in [0.29, 0.717) is 4.99 Å². The van der Waals surface area contributed by atoms with E-state index in [2.05, 4.69) is 21.9 Å². The van der Waals surface area contributed by atoms with Crippen molar-refractivity contribution in [1.29, 1.82) is 0 Å². The Morgan fingerprint density at radius 3 is 2.37 bits per heavy atom. The van der Waals surface area contributed by atoms with Gasteiger partial charge in [0, 0.05) is 36.9 Å². The van der Waals surface area contributed by atoms with Gasteiger partial charge in [-0.3, -0.25) is 4.90 Å². The molecule has 104 valence electrons. The average molecular weight is 298 g/mol. The Labute approximate surface area is 125 Å². The van der Waals surface area contributed by atoms with E-state index in [1.165, 1.54) is 5.69 Å². The maximum Gasteiger partial charge on any atom is 0.0727 e. The molecule has 1 heterocycles. The molecule has 0 saturated carbocycles. The fraction of sp³-hybridized carbons (Fsp3) is 0.500. The SMILES string of the molecule is NC(=S)CCCN1CCN(c2ccc(Cl)cc2)CC1. The average Bonchev–Trinajstić information content (AvgIpc) is 2.40. The second-order valence-corrected chi connectivity index (χ2v) is 5.84. The van der Waals surface area contributed by atoms with Gasteiger partial charge in [0.1, 0.15) is 0 Å². The first-order valence-electron chi connectivity index (χ1n) is 6.66. The van der Waals surface area contributed by atoms with Gasteiger partial charge >= 0.3 is 0 Å². The Kier molecular flexibility index (Phi) is 5.43. The first kappa shape index (κ1) is 14.6. The van der Waals surface area contributed by atoms with Crippen molar-refractivity contribution in [3.8, 4) is 0 Å². The minimum Gasteiger partial charge on any atom is -0.393 e. The van der Waals surface area contributed by atoms with E-state index in [0.717, 1.165) is 50.6 Å². The summed E-state index contributed by atoms with van der Waals surface area (Å²) in [7, 11) is 0. The molecule has 0 atom stereocenters. The summed E-state index contributed by atoms with van der Waals surface area (Å²) in [4.78, 5) is 5.50. The second-order valence-electron chi connectivity index (χ2n) is 4.87. The van der Waals surface area contributed by atoms with E-state index < -0.39 is 0 Å². The normalized spacial score (nSPS) is 16.6. The summed E-state index contributed by atoms with van der Waals surface area (Å²) in [5, 5.41) is 0.792. The van der Waals surface area contributed by atoms with Gasteiger partial charge in [-0.15, -0.1) is 0 Å². The zero-order chi connectivity index (χ0) is 13.7. The Hall–Kier alpha value is -0.840. The van der Waals surface area contributed by atoms with Crippen LogP contribution in [0.5, 0.6) is 0 Å². The highest BCUT2D eigenvalue weighted by atomic mass is 35.5. The van der Waals surface area contributed by atoms with Crippen molar-refractivity contribution in [3.63, 3.8) is 0 Å². The standard InChI is InChI=1S/C14H20ClN3S/c15-12-3-5-13(6-4-12)18-10-8-17(9-11-18)7-1-2-14(16)19/h3-6H,1-2,7-11H2,(H2,16,19). The van der Waals surface area contributed by atoms with Crippen molar-refractivity contribution in [3.05, 3.63) is 29.3 Å². The molecule has 1 aromatic carbocycles. The number of hydrogen-bond donors (Lipinski definition) is 1. The molecular formula is C14H20ClN3S. The monoisotopic (exact) mass is 297 g/mol. The summed E-state index contributed by atoms with van der Waals surface area (Å²) in [6, 6.07) is 8.08. The smallest absolute Gasteiger partial charge is 0.0727 e. The van der Waals surface area contributed by atoms with Crippen LogP contribution in [0.3, 0.4) is 0 Å². The molecule has 0 unspecified atom stereocenters. The lowest BCUT2D eigenvalue weighted by molar-refractivity contribution is 0.256. The Morgan fingerprint density at radius 2 is 1.79 bits per heavy atom. The molecule has 2 rings (SSSR count). The number of nitrogens with zero attached hydrogens (tertiary/aromatic N) is 2. The highest BCUT2D eigenvalue weighted by Crippen LogP contribution is 2.19. The summed E-state index contributed by atoms with van der Waals surface area (Å²) in [5.41, 5.74) is 6.77. The number of anilines is 1. The number of rotatable bonds is 5. The van der Waals surface area contributed by atoms with Crippen LogP contribution in [0.15, 0.2) is 24.3 Å². The predicted molar refractivity (Wildman–Crippen MR) is 86.1 cm³/mol. The van der Waals surface area contributed by atoms with Gasteiger partial charge in [-0.25, -0.2) is 0 Å². The van der Waals surface area contributed by atoms with Crippen molar-refractivity contribution < 1.29 is 0 Å². The molecule has 2 N–H and O–H groups in total. The van der Waals surface area contributed by atoms with Crippen molar-refractivity contribution >= 4 is 34.5 Å². The number of halogens is 1. The molecule has 0 radical (unpaired) electrons. The zero-order valence-electron chi connectivity index (χ0n) is 11.0. The topological polar surface area (TPSA) is 32.5 Å². The summed E-state index contributed by atoms with van der Waals surface area (Å²) in [6.45, 7) is 5.41. The van der Waals surface area contributed by atoms with Gasteiger partial charge in [-0.2, -0.15) is 0 Å². The van der Waals surface area contributed by atoms with Crippen LogP contribution in [0.25, 0.3) is 0 Å². The van der Waals surface area contributed by atoms with Gasteiger partial charge < -0.3 is 10.6 Å². The van der Waals surface area contributed by atoms with E-state index in [1.54, 1.807) is 0 Å². The molecule has 5 heteroatoms. The van der Waals surface area contributed by atoms with Gasteiger partial charge in [-0.05, 0) is 43.7 Å². The Morgan fingerprint density at radius 1 is 1.16 bits per heavy atom. The van der Waals surface area contributed by atoms with E-state index in [1.807, 2.05) is 12.1 Å². The molecule has 19 heavy (non-hydrogen) atoms. The minimum atomic E-state index is 0.625. The first-order chi connectivity index (χ1) is 9.15. The van der Waals surface area contributed by atoms with Gasteiger partial charge in [0.05, 0.1) is 4.99 Å².